The fourth-order valence-corrected chi connectivity index (χ4v) is 5.00. The smallest absolute Gasteiger partial charge is 0.0991 e. The number of nitrogens with zero attached hydrogens (tertiary/aromatic N) is 4. The van der Waals surface area contributed by atoms with Crippen molar-refractivity contribution in [1.29, 1.82) is 5.26 Å². The van der Waals surface area contributed by atoms with Gasteiger partial charge in [-0.15, -0.1) is 0 Å². The van der Waals surface area contributed by atoms with Crippen molar-refractivity contribution in [1.82, 2.24) is 14.5 Å². The summed E-state index contributed by atoms with van der Waals surface area (Å²) in [6.07, 6.45) is 4.87. The van der Waals surface area contributed by atoms with E-state index in [1.165, 1.54) is 22.4 Å². The maximum atomic E-state index is 9.02. The van der Waals surface area contributed by atoms with Crippen LogP contribution in [-0.2, 0) is 13.0 Å². The highest BCUT2D eigenvalue weighted by atomic mass is 15.2. The molecule has 33 heavy (non-hydrogen) atoms. The molecule has 0 unspecified atom stereocenters. The fourth-order valence-electron chi connectivity index (χ4n) is 5.00. The van der Waals surface area contributed by atoms with Crippen LogP contribution in [0.2, 0.25) is 0 Å². The lowest BCUT2D eigenvalue weighted by atomic mass is 9.84. The molecule has 0 aliphatic carbocycles. The van der Waals surface area contributed by atoms with Crippen LogP contribution in [0, 0.1) is 11.3 Å². The molecule has 164 valence electrons. The van der Waals surface area contributed by atoms with Crippen LogP contribution in [0.15, 0.2) is 97.5 Å². The van der Waals surface area contributed by atoms with E-state index < -0.39 is 0 Å². The summed E-state index contributed by atoms with van der Waals surface area (Å²) in [5, 5.41) is 9.02. The van der Waals surface area contributed by atoms with E-state index in [4.69, 9.17) is 5.26 Å². The van der Waals surface area contributed by atoms with Gasteiger partial charge >= 0.3 is 0 Å². The molecule has 1 fully saturated rings. The van der Waals surface area contributed by atoms with E-state index in [2.05, 4.69) is 81.2 Å². The van der Waals surface area contributed by atoms with E-state index in [9.17, 15) is 0 Å². The second kappa shape index (κ2) is 9.85. The third-order valence-electron chi connectivity index (χ3n) is 6.77. The normalized spacial score (nSPS) is 18.3. The Morgan fingerprint density at radius 2 is 1.42 bits per heavy atom. The summed E-state index contributed by atoms with van der Waals surface area (Å²) >= 11 is 0. The van der Waals surface area contributed by atoms with Gasteiger partial charge in [0.1, 0.15) is 0 Å². The van der Waals surface area contributed by atoms with Gasteiger partial charge in [-0.3, -0.25) is 0 Å². The highest BCUT2D eigenvalue weighted by Crippen LogP contribution is 2.39. The molecule has 0 N–H and O–H groups in total. The molecule has 1 aliphatic heterocycles. The SMILES string of the molecule is N#Cc1ccc(Cn2cncc2CCN2C[C@@H](c3ccccc3)[C@H](c3ccccc3)C2)cc1. The van der Waals surface area contributed by atoms with Crippen molar-refractivity contribution in [3.8, 4) is 6.07 Å². The molecule has 0 spiro atoms. The minimum atomic E-state index is 0.511. The van der Waals surface area contributed by atoms with E-state index in [0.29, 0.717) is 17.4 Å². The first kappa shape index (κ1) is 21.2. The standard InChI is InChI=1S/C29H28N4/c30-17-23-11-13-24(14-12-23)19-33-22-31-18-27(33)15-16-32-20-28(25-7-3-1-4-8-25)29(21-32)26-9-5-2-6-10-26/h1-14,18,22,28-29H,15-16,19-21H2/t28-,29-/m0/s1. The molecule has 0 bridgehead atoms. The maximum Gasteiger partial charge on any atom is 0.0991 e. The average Bonchev–Trinajstić information content (AvgIpc) is 3.51. The number of hydrogen-bond donors (Lipinski definition) is 0. The molecule has 0 amide bonds. The Bertz CT molecular complexity index is 1160. The predicted molar refractivity (Wildman–Crippen MR) is 131 cm³/mol. The lowest BCUT2D eigenvalue weighted by Crippen LogP contribution is -2.24. The van der Waals surface area contributed by atoms with E-state index in [1.807, 2.05) is 36.8 Å². The van der Waals surface area contributed by atoms with E-state index in [1.54, 1.807) is 0 Å². The number of hydrogen-bond acceptors (Lipinski definition) is 3. The summed E-state index contributed by atoms with van der Waals surface area (Å²) in [7, 11) is 0. The Kier molecular flexibility index (Phi) is 6.32. The average molecular weight is 433 g/mol. The largest absolute Gasteiger partial charge is 0.330 e. The molecule has 4 heteroatoms. The molecule has 1 aliphatic rings. The minimum absolute atomic E-state index is 0.511. The molecule has 2 heterocycles. The van der Waals surface area contributed by atoms with Gasteiger partial charge in [0.15, 0.2) is 0 Å². The van der Waals surface area contributed by atoms with Gasteiger partial charge < -0.3 is 9.47 Å². The van der Waals surface area contributed by atoms with Gasteiger partial charge in [0.05, 0.1) is 18.0 Å². The Morgan fingerprint density at radius 1 is 0.818 bits per heavy atom. The first-order chi connectivity index (χ1) is 16.3. The minimum Gasteiger partial charge on any atom is -0.330 e. The van der Waals surface area contributed by atoms with Gasteiger partial charge in [-0.2, -0.15) is 5.26 Å². The van der Waals surface area contributed by atoms with Crippen molar-refractivity contribution in [2.45, 2.75) is 24.8 Å². The van der Waals surface area contributed by atoms with Gasteiger partial charge in [-0.1, -0.05) is 72.8 Å². The number of nitriles is 1. The Labute approximate surface area is 195 Å². The van der Waals surface area contributed by atoms with Crippen molar-refractivity contribution >= 4 is 0 Å². The van der Waals surface area contributed by atoms with Crippen LogP contribution in [0.3, 0.4) is 0 Å². The van der Waals surface area contributed by atoms with Crippen molar-refractivity contribution in [3.63, 3.8) is 0 Å². The lowest BCUT2D eigenvalue weighted by Gasteiger charge is -2.19. The zero-order valence-electron chi connectivity index (χ0n) is 18.7. The van der Waals surface area contributed by atoms with Gasteiger partial charge in [-0.25, -0.2) is 4.98 Å². The molecule has 4 nitrogen and oxygen atoms in total. The molecule has 4 aromatic rings. The highest BCUT2D eigenvalue weighted by Gasteiger charge is 2.34. The van der Waals surface area contributed by atoms with Gasteiger partial charge in [0.2, 0.25) is 0 Å². The summed E-state index contributed by atoms with van der Waals surface area (Å²) < 4.78 is 2.22. The number of benzene rings is 3. The number of rotatable bonds is 7. The van der Waals surface area contributed by atoms with Crippen molar-refractivity contribution in [3.05, 3.63) is 125 Å². The zero-order chi connectivity index (χ0) is 22.5. The summed E-state index contributed by atoms with van der Waals surface area (Å²) in [5.74, 6) is 1.02. The van der Waals surface area contributed by atoms with Crippen LogP contribution in [-0.4, -0.2) is 34.1 Å². The van der Waals surface area contributed by atoms with Crippen molar-refractivity contribution < 1.29 is 0 Å². The summed E-state index contributed by atoms with van der Waals surface area (Å²) in [5.41, 5.74) is 5.99. The van der Waals surface area contributed by atoms with E-state index in [-0.39, 0.29) is 0 Å². The van der Waals surface area contributed by atoms with Crippen LogP contribution in [0.1, 0.15) is 39.8 Å². The van der Waals surface area contributed by atoms with Crippen LogP contribution in [0.5, 0.6) is 0 Å². The van der Waals surface area contributed by atoms with Crippen molar-refractivity contribution in [2.75, 3.05) is 19.6 Å². The molecule has 2 atom stereocenters. The second-order valence-corrected chi connectivity index (χ2v) is 8.87. The molecular weight excluding hydrogens is 404 g/mol. The first-order valence-electron chi connectivity index (χ1n) is 11.6. The zero-order valence-corrected chi connectivity index (χ0v) is 18.7. The summed E-state index contributed by atoms with van der Waals surface area (Å²) in [6, 6.07) is 31.9. The second-order valence-electron chi connectivity index (χ2n) is 8.87. The van der Waals surface area contributed by atoms with Crippen LogP contribution >= 0.6 is 0 Å². The van der Waals surface area contributed by atoms with E-state index in [0.717, 1.165) is 32.6 Å². The first-order valence-corrected chi connectivity index (χ1v) is 11.6. The molecule has 1 saturated heterocycles. The van der Waals surface area contributed by atoms with Crippen molar-refractivity contribution in [2.24, 2.45) is 0 Å². The van der Waals surface area contributed by atoms with Crippen LogP contribution < -0.4 is 0 Å². The van der Waals surface area contributed by atoms with E-state index >= 15 is 0 Å². The maximum absolute atomic E-state index is 9.02. The van der Waals surface area contributed by atoms with Gasteiger partial charge in [-0.05, 0) is 28.8 Å². The number of aromatic nitrogens is 2. The summed E-state index contributed by atoms with van der Waals surface area (Å²) in [6.45, 7) is 3.95. The van der Waals surface area contributed by atoms with Crippen LogP contribution in [0.4, 0.5) is 0 Å². The molecule has 0 radical (unpaired) electrons. The molecule has 5 rings (SSSR count). The monoisotopic (exact) mass is 432 g/mol. The Hall–Kier alpha value is -3.68. The topological polar surface area (TPSA) is 44.9 Å². The molecule has 0 saturated carbocycles. The fraction of sp³-hybridized carbons (Fsp3) is 0.241. The Balaban J connectivity index is 1.28. The third-order valence-corrected chi connectivity index (χ3v) is 6.77. The molecular formula is C29H28N4. The van der Waals surface area contributed by atoms with Crippen LogP contribution in [0.25, 0.3) is 0 Å². The van der Waals surface area contributed by atoms with Gasteiger partial charge in [0.25, 0.3) is 0 Å². The number of likely N-dealkylation sites (tertiary alicyclic amines) is 1. The highest BCUT2D eigenvalue weighted by molar-refractivity contribution is 5.32. The Morgan fingerprint density at radius 3 is 2.00 bits per heavy atom. The third kappa shape index (κ3) is 4.89. The molecule has 3 aromatic carbocycles. The molecule has 1 aromatic heterocycles. The lowest BCUT2D eigenvalue weighted by molar-refractivity contribution is 0.333. The number of imidazole rings is 1. The summed E-state index contributed by atoms with van der Waals surface area (Å²) in [4.78, 5) is 7.02. The predicted octanol–water partition coefficient (Wildman–Crippen LogP) is 5.23. The quantitative estimate of drug-likeness (QED) is 0.402. The van der Waals surface area contributed by atoms with Gasteiger partial charge in [0, 0.05) is 56.3 Å².